The van der Waals surface area contributed by atoms with Crippen molar-refractivity contribution < 1.29 is 9.59 Å². The van der Waals surface area contributed by atoms with Gasteiger partial charge in [0.2, 0.25) is 5.91 Å². The van der Waals surface area contributed by atoms with Crippen LogP contribution in [0.2, 0.25) is 0 Å². The second kappa shape index (κ2) is 10.6. The van der Waals surface area contributed by atoms with Crippen LogP contribution < -0.4 is 10.2 Å². The maximum atomic E-state index is 12.8. The third kappa shape index (κ3) is 5.44. The molecule has 2 aliphatic heterocycles. The Kier molecular flexibility index (Phi) is 7.10. The molecule has 0 saturated carbocycles. The Morgan fingerprint density at radius 1 is 1.03 bits per heavy atom. The summed E-state index contributed by atoms with van der Waals surface area (Å²) < 4.78 is 0. The van der Waals surface area contributed by atoms with Gasteiger partial charge in [0, 0.05) is 38.3 Å². The fraction of sp³-hybridized carbons (Fsp3) is 0.241. The lowest BCUT2D eigenvalue weighted by Crippen LogP contribution is -2.25. The summed E-state index contributed by atoms with van der Waals surface area (Å²) in [5, 5.41) is 9.65. The first-order valence-corrected chi connectivity index (χ1v) is 13.1. The van der Waals surface area contributed by atoms with E-state index in [1.54, 1.807) is 0 Å². The van der Waals surface area contributed by atoms with Gasteiger partial charge in [-0.3, -0.25) is 9.59 Å². The monoisotopic (exact) mass is 511 g/mol. The minimum Gasteiger partial charge on any atom is -0.378 e. The third-order valence-electron chi connectivity index (χ3n) is 6.53. The summed E-state index contributed by atoms with van der Waals surface area (Å²) in [4.78, 5) is 32.0. The van der Waals surface area contributed by atoms with E-state index in [4.69, 9.17) is 5.10 Å². The molecule has 0 saturated heterocycles. The summed E-state index contributed by atoms with van der Waals surface area (Å²) in [5.74, 6) is -0.507. The van der Waals surface area contributed by atoms with E-state index in [2.05, 4.69) is 39.5 Å². The molecule has 2 amide bonds. The maximum Gasteiger partial charge on any atom is 0.262 e. The number of hydrazone groups is 1. The minimum absolute atomic E-state index is 0.0517. The van der Waals surface area contributed by atoms with E-state index in [-0.39, 0.29) is 24.3 Å². The van der Waals surface area contributed by atoms with E-state index in [0.717, 1.165) is 33.8 Å². The van der Waals surface area contributed by atoms with Gasteiger partial charge < -0.3 is 10.2 Å². The number of benzene rings is 3. The van der Waals surface area contributed by atoms with Crippen LogP contribution in [0.5, 0.6) is 0 Å². The van der Waals surface area contributed by atoms with Crippen LogP contribution in [0.1, 0.15) is 35.6 Å². The molecule has 8 heteroatoms. The van der Waals surface area contributed by atoms with Gasteiger partial charge in [-0.15, -0.1) is 0 Å². The Bertz CT molecular complexity index is 1370. The van der Waals surface area contributed by atoms with E-state index in [1.165, 1.54) is 11.8 Å². The van der Waals surface area contributed by atoms with E-state index >= 15 is 0 Å². The zero-order valence-corrected chi connectivity index (χ0v) is 21.9. The van der Waals surface area contributed by atoms with Crippen LogP contribution in [-0.2, 0) is 9.59 Å². The second-order valence-corrected chi connectivity index (χ2v) is 10.5. The van der Waals surface area contributed by atoms with E-state index in [0.29, 0.717) is 11.6 Å². The van der Waals surface area contributed by atoms with Gasteiger partial charge in [-0.05, 0) is 41.8 Å². The molecule has 7 nitrogen and oxygen atoms in total. The van der Waals surface area contributed by atoms with Crippen LogP contribution in [0.15, 0.2) is 89.0 Å². The summed E-state index contributed by atoms with van der Waals surface area (Å²) >= 11 is 1.31. The highest BCUT2D eigenvalue weighted by molar-refractivity contribution is 8.15. The number of aliphatic imine (C=N–C) groups is 1. The molecular weight excluding hydrogens is 482 g/mol. The molecule has 3 aromatic rings. The zero-order chi connectivity index (χ0) is 25.9. The Hall–Kier alpha value is -3.91. The smallest absolute Gasteiger partial charge is 0.262 e. The van der Waals surface area contributed by atoms with Gasteiger partial charge in [-0.2, -0.15) is 10.1 Å². The van der Waals surface area contributed by atoms with Crippen molar-refractivity contribution >= 4 is 45.8 Å². The first-order valence-electron chi connectivity index (χ1n) is 12.2. The Balaban J connectivity index is 1.36. The molecule has 1 N–H and O–H groups in total. The molecule has 0 spiro atoms. The van der Waals surface area contributed by atoms with Crippen molar-refractivity contribution in [3.8, 4) is 0 Å². The second-order valence-electron chi connectivity index (χ2n) is 9.37. The number of para-hydroxylation sites is 1. The fourth-order valence-corrected chi connectivity index (χ4v) is 5.49. The molecule has 3 aromatic carbocycles. The number of anilines is 2. The molecule has 2 aliphatic rings. The van der Waals surface area contributed by atoms with Gasteiger partial charge in [-0.25, -0.2) is 5.01 Å². The van der Waals surface area contributed by atoms with Crippen LogP contribution in [0.3, 0.4) is 0 Å². The van der Waals surface area contributed by atoms with Crippen LogP contribution in [0.25, 0.3) is 0 Å². The summed E-state index contributed by atoms with van der Waals surface area (Å²) in [6.07, 6.45) is 0.744. The maximum absolute atomic E-state index is 12.8. The lowest BCUT2D eigenvalue weighted by Gasteiger charge is -2.24. The molecule has 5 rings (SSSR count). The number of thioether (sulfide) groups is 1. The number of aryl methyl sites for hydroxylation is 1. The molecule has 0 aliphatic carbocycles. The van der Waals surface area contributed by atoms with Crippen molar-refractivity contribution in [1.29, 1.82) is 0 Å². The number of nitrogens with one attached hydrogen (secondary N) is 1. The zero-order valence-electron chi connectivity index (χ0n) is 21.1. The van der Waals surface area contributed by atoms with E-state index in [9.17, 15) is 9.59 Å². The standard InChI is InChI=1S/C29H29N5O2S/c1-19-9-7-8-12-23(19)30-27(35)18-26-28(36)31-29(37-26)34-25(21-13-15-22(16-14-21)33(2)3)17-24(32-34)20-10-5-4-6-11-20/h4-16,25-26H,17-18H2,1-3H3,(H,30,35). The molecule has 2 atom stereocenters. The van der Waals surface area contributed by atoms with Crippen LogP contribution in [0.4, 0.5) is 11.4 Å². The lowest BCUT2D eigenvalue weighted by molar-refractivity contribution is -0.121. The van der Waals surface area contributed by atoms with Gasteiger partial charge >= 0.3 is 0 Å². The summed E-state index contributed by atoms with van der Waals surface area (Å²) in [7, 11) is 4.02. The lowest BCUT2D eigenvalue weighted by atomic mass is 9.98. The van der Waals surface area contributed by atoms with Crippen molar-refractivity contribution in [2.75, 3.05) is 24.3 Å². The van der Waals surface area contributed by atoms with E-state index in [1.807, 2.05) is 80.6 Å². The summed E-state index contributed by atoms with van der Waals surface area (Å²) in [5.41, 5.74) is 5.92. The van der Waals surface area contributed by atoms with E-state index < -0.39 is 5.25 Å². The number of carbonyl (C=O) groups is 2. The third-order valence-corrected chi connectivity index (χ3v) is 7.67. The molecule has 2 unspecified atom stereocenters. The topological polar surface area (TPSA) is 77.4 Å². The van der Waals surface area contributed by atoms with Gasteiger partial charge in [0.15, 0.2) is 5.17 Å². The quantitative estimate of drug-likeness (QED) is 0.490. The molecule has 188 valence electrons. The summed E-state index contributed by atoms with van der Waals surface area (Å²) in [6, 6.07) is 25.9. The number of hydrogen-bond acceptors (Lipinski definition) is 6. The van der Waals surface area contributed by atoms with Crippen molar-refractivity contribution in [3.63, 3.8) is 0 Å². The number of nitrogens with zero attached hydrogens (tertiary/aromatic N) is 4. The fourth-order valence-electron chi connectivity index (χ4n) is 4.43. The highest BCUT2D eigenvalue weighted by Gasteiger charge is 2.39. The Morgan fingerprint density at radius 2 is 1.73 bits per heavy atom. The van der Waals surface area contributed by atoms with Gasteiger partial charge in [0.1, 0.15) is 5.25 Å². The highest BCUT2D eigenvalue weighted by atomic mass is 32.2. The first-order chi connectivity index (χ1) is 17.9. The first kappa shape index (κ1) is 24.8. The molecule has 0 aromatic heterocycles. The highest BCUT2D eigenvalue weighted by Crippen LogP contribution is 2.39. The normalized spacial score (nSPS) is 19.0. The predicted molar refractivity (Wildman–Crippen MR) is 151 cm³/mol. The molecule has 2 heterocycles. The number of amidine groups is 1. The number of amides is 2. The van der Waals surface area contributed by atoms with Crippen LogP contribution in [-0.4, -0.2) is 47.0 Å². The predicted octanol–water partition coefficient (Wildman–Crippen LogP) is 5.24. The van der Waals surface area contributed by atoms with Crippen molar-refractivity contribution in [1.82, 2.24) is 5.01 Å². The average Bonchev–Trinajstić information content (AvgIpc) is 3.50. The van der Waals surface area contributed by atoms with Crippen molar-refractivity contribution in [2.45, 2.75) is 31.1 Å². The number of rotatable bonds is 6. The SMILES string of the molecule is Cc1ccccc1NC(=O)CC1SC(N2N=C(c3ccccc3)CC2c2ccc(N(C)C)cc2)=NC1=O. The van der Waals surface area contributed by atoms with Crippen molar-refractivity contribution in [3.05, 3.63) is 95.6 Å². The van der Waals surface area contributed by atoms with Crippen molar-refractivity contribution in [2.24, 2.45) is 10.1 Å². The summed E-state index contributed by atoms with van der Waals surface area (Å²) in [6.45, 7) is 1.94. The van der Waals surface area contributed by atoms with Gasteiger partial charge in [0.25, 0.3) is 5.91 Å². The molecule has 0 bridgehead atoms. The molecule has 0 fully saturated rings. The average molecular weight is 512 g/mol. The van der Waals surface area contributed by atoms with Crippen LogP contribution >= 0.6 is 11.8 Å². The van der Waals surface area contributed by atoms with Crippen LogP contribution in [0, 0.1) is 6.92 Å². The largest absolute Gasteiger partial charge is 0.378 e. The number of carbonyl (C=O) groups excluding carboxylic acids is 2. The molecule has 0 radical (unpaired) electrons. The number of hydrogen-bond donors (Lipinski definition) is 1. The minimum atomic E-state index is -0.577. The molecular formula is C29H29N5O2S. The Morgan fingerprint density at radius 3 is 2.43 bits per heavy atom. The van der Waals surface area contributed by atoms with Gasteiger partial charge in [-0.1, -0.05) is 72.4 Å². The molecule has 37 heavy (non-hydrogen) atoms. The Labute approximate surface area is 221 Å². The van der Waals surface area contributed by atoms with Gasteiger partial charge in [0.05, 0.1) is 11.8 Å².